The van der Waals surface area contributed by atoms with Crippen LogP contribution < -0.4 is 25.4 Å². The third-order valence-electron chi connectivity index (χ3n) is 6.72. The number of nitrogens with one attached hydrogen (secondary N) is 3. The lowest BCUT2D eigenvalue weighted by Crippen LogP contribution is -2.30. The van der Waals surface area contributed by atoms with E-state index in [1.165, 1.54) is 48.4 Å². The van der Waals surface area contributed by atoms with Crippen molar-refractivity contribution >= 4 is 67.9 Å². The highest BCUT2D eigenvalue weighted by Crippen LogP contribution is 2.31. The van der Waals surface area contributed by atoms with Crippen molar-refractivity contribution in [3.05, 3.63) is 108 Å². The lowest BCUT2D eigenvalue weighted by Gasteiger charge is -2.14. The Bertz CT molecular complexity index is 1940. The zero-order chi connectivity index (χ0) is 33.3. The van der Waals surface area contributed by atoms with E-state index >= 15 is 0 Å². The number of nitrogens with zero attached hydrogens (tertiary/aromatic N) is 1. The van der Waals surface area contributed by atoms with Crippen molar-refractivity contribution < 1.29 is 29.0 Å². The van der Waals surface area contributed by atoms with E-state index in [4.69, 9.17) is 9.47 Å². The standard InChI is InChI=1S/C35H32N4O6S2/c1-4-45-26-15-16-28-31(20-26)47-35(38-28)39-32(41)21(2)46-27-12-8-11-24(18-27)36-34(43)29(37-33(42)22-9-6-5-7-10-22)17-23-13-14-25(40)19-30(23)44-3/h5-21,40H,4H2,1-3H3,(H,36,43)(H,37,42)(H,38,39,41)/b29-17+. The molecule has 12 heteroatoms. The summed E-state index contributed by atoms with van der Waals surface area (Å²) < 4.78 is 11.8. The molecule has 1 atom stereocenters. The highest BCUT2D eigenvalue weighted by atomic mass is 32.2. The number of aromatic hydroxyl groups is 1. The fourth-order valence-corrected chi connectivity index (χ4v) is 6.27. The molecule has 0 spiro atoms. The van der Waals surface area contributed by atoms with Gasteiger partial charge in [0.15, 0.2) is 5.13 Å². The molecule has 10 nitrogen and oxygen atoms in total. The summed E-state index contributed by atoms with van der Waals surface area (Å²) in [5, 5.41) is 18.3. The van der Waals surface area contributed by atoms with Gasteiger partial charge < -0.3 is 30.5 Å². The van der Waals surface area contributed by atoms with Gasteiger partial charge >= 0.3 is 0 Å². The van der Waals surface area contributed by atoms with Crippen molar-refractivity contribution in [2.45, 2.75) is 24.0 Å². The molecule has 0 saturated heterocycles. The highest BCUT2D eigenvalue weighted by molar-refractivity contribution is 8.00. The van der Waals surface area contributed by atoms with Gasteiger partial charge in [0, 0.05) is 27.8 Å². The van der Waals surface area contributed by atoms with Gasteiger partial charge in [-0.1, -0.05) is 35.6 Å². The number of phenols is 1. The average Bonchev–Trinajstić information content (AvgIpc) is 3.47. The van der Waals surface area contributed by atoms with Crippen molar-refractivity contribution in [3.63, 3.8) is 0 Å². The second-order valence-corrected chi connectivity index (χ2v) is 12.6. The molecule has 240 valence electrons. The minimum absolute atomic E-state index is 0.00766. The van der Waals surface area contributed by atoms with Crippen LogP contribution in [-0.2, 0) is 9.59 Å². The Morgan fingerprint density at radius 3 is 2.55 bits per heavy atom. The number of aromatic nitrogens is 1. The van der Waals surface area contributed by atoms with Crippen LogP contribution in [0.4, 0.5) is 10.8 Å². The van der Waals surface area contributed by atoms with Crippen molar-refractivity contribution in [2.24, 2.45) is 0 Å². The number of thioether (sulfide) groups is 1. The van der Waals surface area contributed by atoms with Gasteiger partial charge in [0.2, 0.25) is 5.91 Å². The number of rotatable bonds is 12. The third-order valence-corrected chi connectivity index (χ3v) is 8.75. The van der Waals surface area contributed by atoms with E-state index in [1.807, 2.05) is 31.2 Å². The van der Waals surface area contributed by atoms with Crippen LogP contribution in [0.15, 0.2) is 102 Å². The molecule has 4 aromatic carbocycles. The summed E-state index contributed by atoms with van der Waals surface area (Å²) in [6.45, 7) is 4.27. The number of fused-ring (bicyclic) bond motifs is 1. The molecule has 5 rings (SSSR count). The molecule has 0 aliphatic heterocycles. The summed E-state index contributed by atoms with van der Waals surface area (Å²) in [4.78, 5) is 44.9. The van der Waals surface area contributed by atoms with Gasteiger partial charge in [-0.05, 0) is 80.6 Å². The first-order chi connectivity index (χ1) is 22.7. The molecule has 1 heterocycles. The summed E-state index contributed by atoms with van der Waals surface area (Å²) in [7, 11) is 1.44. The largest absolute Gasteiger partial charge is 0.508 e. The Kier molecular flexibility index (Phi) is 10.8. The Morgan fingerprint density at radius 2 is 1.79 bits per heavy atom. The van der Waals surface area contributed by atoms with E-state index in [-0.39, 0.29) is 17.4 Å². The summed E-state index contributed by atoms with van der Waals surface area (Å²) in [6.07, 6.45) is 1.47. The molecular formula is C35H32N4O6S2. The quantitative estimate of drug-likeness (QED) is 0.0829. The monoisotopic (exact) mass is 668 g/mol. The number of ether oxygens (including phenoxy) is 2. The van der Waals surface area contributed by atoms with Crippen LogP contribution in [0.5, 0.6) is 17.2 Å². The number of benzene rings is 4. The molecule has 47 heavy (non-hydrogen) atoms. The molecule has 0 fully saturated rings. The predicted octanol–water partition coefficient (Wildman–Crippen LogP) is 6.94. The Hall–Kier alpha value is -5.33. The average molecular weight is 669 g/mol. The van der Waals surface area contributed by atoms with Crippen LogP contribution in [0.25, 0.3) is 16.3 Å². The Labute approximate surface area is 279 Å². The second-order valence-electron chi connectivity index (χ2n) is 10.1. The molecular weight excluding hydrogens is 637 g/mol. The van der Waals surface area contributed by atoms with E-state index in [2.05, 4.69) is 20.9 Å². The summed E-state index contributed by atoms with van der Waals surface area (Å²) in [6, 6.07) is 25.6. The molecule has 0 saturated carbocycles. The summed E-state index contributed by atoms with van der Waals surface area (Å²) >= 11 is 2.69. The molecule has 0 aliphatic rings. The minimum atomic E-state index is -0.583. The van der Waals surface area contributed by atoms with E-state index in [0.717, 1.165) is 20.9 Å². The van der Waals surface area contributed by atoms with Crippen LogP contribution in [0.3, 0.4) is 0 Å². The lowest BCUT2D eigenvalue weighted by atomic mass is 10.1. The highest BCUT2D eigenvalue weighted by Gasteiger charge is 2.19. The van der Waals surface area contributed by atoms with Crippen LogP contribution in [0.2, 0.25) is 0 Å². The molecule has 5 aromatic rings. The van der Waals surface area contributed by atoms with Crippen molar-refractivity contribution in [1.82, 2.24) is 10.3 Å². The van der Waals surface area contributed by atoms with Gasteiger partial charge in [0.05, 0.1) is 29.2 Å². The number of carbonyl (C=O) groups is 3. The maximum absolute atomic E-state index is 13.6. The first kappa shape index (κ1) is 33.0. The first-order valence-electron chi connectivity index (χ1n) is 14.6. The van der Waals surface area contributed by atoms with E-state index < -0.39 is 17.1 Å². The zero-order valence-corrected chi connectivity index (χ0v) is 27.4. The smallest absolute Gasteiger partial charge is 0.272 e. The number of hydrogen-bond acceptors (Lipinski definition) is 9. The molecule has 1 aromatic heterocycles. The first-order valence-corrected chi connectivity index (χ1v) is 16.3. The van der Waals surface area contributed by atoms with E-state index in [0.29, 0.717) is 34.3 Å². The van der Waals surface area contributed by atoms with Crippen LogP contribution in [0.1, 0.15) is 29.8 Å². The van der Waals surface area contributed by atoms with E-state index in [1.54, 1.807) is 61.5 Å². The molecule has 0 bridgehead atoms. The molecule has 0 radical (unpaired) electrons. The van der Waals surface area contributed by atoms with Gasteiger partial charge in [0.1, 0.15) is 22.9 Å². The summed E-state index contributed by atoms with van der Waals surface area (Å²) in [5.74, 6) is -0.218. The van der Waals surface area contributed by atoms with Crippen LogP contribution in [0, 0.1) is 0 Å². The van der Waals surface area contributed by atoms with Gasteiger partial charge in [0.25, 0.3) is 11.8 Å². The lowest BCUT2D eigenvalue weighted by molar-refractivity contribution is -0.115. The third kappa shape index (κ3) is 8.69. The van der Waals surface area contributed by atoms with Crippen molar-refractivity contribution in [2.75, 3.05) is 24.4 Å². The van der Waals surface area contributed by atoms with Gasteiger partial charge in [-0.25, -0.2) is 4.98 Å². The number of thiazole rings is 1. The SMILES string of the molecule is CCOc1ccc2nc(NC(=O)C(C)Sc3cccc(NC(=O)/C(=C\c4ccc(O)cc4OC)NC(=O)c4ccccc4)c3)sc2c1. The second kappa shape index (κ2) is 15.3. The molecule has 1 unspecified atom stereocenters. The van der Waals surface area contributed by atoms with Gasteiger partial charge in [-0.2, -0.15) is 0 Å². The van der Waals surface area contributed by atoms with Gasteiger partial charge in [-0.3, -0.25) is 14.4 Å². The maximum atomic E-state index is 13.6. The topological polar surface area (TPSA) is 139 Å². The number of anilines is 2. The number of phenolic OH excluding ortho intramolecular Hbond substituents is 1. The molecule has 0 aliphatic carbocycles. The minimum Gasteiger partial charge on any atom is -0.508 e. The molecule has 3 amide bonds. The number of hydrogen-bond donors (Lipinski definition) is 4. The fraction of sp³-hybridized carbons (Fsp3) is 0.143. The number of amides is 3. The van der Waals surface area contributed by atoms with Crippen molar-refractivity contribution in [3.8, 4) is 17.2 Å². The Balaban J connectivity index is 1.29. The maximum Gasteiger partial charge on any atom is 0.272 e. The zero-order valence-electron chi connectivity index (χ0n) is 25.8. The van der Waals surface area contributed by atoms with E-state index in [9.17, 15) is 19.5 Å². The predicted molar refractivity (Wildman–Crippen MR) is 186 cm³/mol. The fourth-order valence-electron chi connectivity index (χ4n) is 4.44. The van der Waals surface area contributed by atoms with Crippen LogP contribution in [-0.4, -0.2) is 46.8 Å². The summed E-state index contributed by atoms with van der Waals surface area (Å²) in [5.41, 5.74) is 2.03. The van der Waals surface area contributed by atoms with Crippen LogP contribution >= 0.6 is 23.1 Å². The number of carbonyl (C=O) groups excluding carboxylic acids is 3. The number of methoxy groups -OCH3 is 1. The molecule has 4 N–H and O–H groups in total. The van der Waals surface area contributed by atoms with Gasteiger partial charge in [-0.15, -0.1) is 11.8 Å². The Morgan fingerprint density at radius 1 is 0.979 bits per heavy atom. The van der Waals surface area contributed by atoms with Crippen molar-refractivity contribution in [1.29, 1.82) is 0 Å². The normalized spacial score (nSPS) is 11.9.